The van der Waals surface area contributed by atoms with Crippen LogP contribution in [0.3, 0.4) is 0 Å². The molecule has 4 aromatic rings. The molecule has 2 aliphatic heterocycles. The van der Waals surface area contributed by atoms with Gasteiger partial charge in [-0.2, -0.15) is 0 Å². The number of benzene rings is 3. The Labute approximate surface area is 358 Å². The molecule has 0 aliphatic carbocycles. The van der Waals surface area contributed by atoms with Crippen LogP contribution in [-0.2, 0) is 29.2 Å². The Morgan fingerprint density at radius 3 is 2.30 bits per heavy atom. The fraction of sp³-hybridized carbons (Fsp3) is 0.426. The van der Waals surface area contributed by atoms with E-state index >= 15 is 0 Å². The minimum atomic E-state index is -4.30. The summed E-state index contributed by atoms with van der Waals surface area (Å²) in [6.45, 7) is 14.2. The van der Waals surface area contributed by atoms with Gasteiger partial charge in [0.2, 0.25) is 17.7 Å². The maximum atomic E-state index is 14.9. The SMILES string of the molecule is C=C[C@H](C)[C@@H](NC(=O)[C@@H]1C[C@@H](Oc2cc(-c3ccccc3)nc3cc(OC)ccc23)CN1C(=O)[C@@H](CC(=O)N1CCCCC1)C(C)(C)C)C(=O)NS(=O)(=O)c1ccc(C)cc1. The molecule has 2 N–H and O–H groups in total. The van der Waals surface area contributed by atoms with Crippen LogP contribution in [0.25, 0.3) is 22.2 Å². The highest BCUT2D eigenvalue weighted by atomic mass is 32.2. The third kappa shape index (κ3) is 10.6. The number of methoxy groups -OCH3 is 1. The van der Waals surface area contributed by atoms with Crippen LogP contribution in [0, 0.1) is 24.2 Å². The van der Waals surface area contributed by atoms with Gasteiger partial charge >= 0.3 is 0 Å². The molecule has 324 valence electrons. The van der Waals surface area contributed by atoms with E-state index in [-0.39, 0.29) is 30.2 Å². The molecule has 0 radical (unpaired) electrons. The molecule has 14 heteroatoms. The molecule has 13 nitrogen and oxygen atoms in total. The van der Waals surface area contributed by atoms with Crippen molar-refractivity contribution in [3.8, 4) is 22.8 Å². The molecule has 3 heterocycles. The number of nitrogens with zero attached hydrogens (tertiary/aromatic N) is 3. The summed E-state index contributed by atoms with van der Waals surface area (Å²) in [4.78, 5) is 65.1. The standard InChI is InChI=1S/C47H57N5O8S/c1-8-31(3)43(45(55)50-61(57,58)35-20-17-30(2)18-21-35)49-44(54)40-26-34(29-52(40)46(56)37(47(4,5)6)27-42(53)51-23-13-10-14-24-51)60-41-28-38(32-15-11-9-12-16-32)48-39-25-33(59-7)19-22-36(39)41/h8-9,11-12,15-22,25,28,31,34,37,40,43H,1,10,13-14,23-24,26-27,29H2,2-7H3,(H,49,54)(H,50,55)/t31-,34+,37+,40-,43+/m0/s1. The van der Waals surface area contributed by atoms with Crippen LogP contribution in [0.2, 0.25) is 0 Å². The summed E-state index contributed by atoms with van der Waals surface area (Å²) < 4.78 is 41.0. The molecule has 0 unspecified atom stereocenters. The summed E-state index contributed by atoms with van der Waals surface area (Å²) in [5.41, 5.74) is 2.29. The first-order chi connectivity index (χ1) is 29.0. The van der Waals surface area contributed by atoms with Gasteiger partial charge in [-0.25, -0.2) is 18.1 Å². The van der Waals surface area contributed by atoms with Crippen molar-refractivity contribution in [3.63, 3.8) is 0 Å². The second-order valence-electron chi connectivity index (χ2n) is 17.2. The molecule has 3 aromatic carbocycles. The van der Waals surface area contributed by atoms with Gasteiger partial charge in [0.05, 0.1) is 35.7 Å². The van der Waals surface area contributed by atoms with Crippen molar-refractivity contribution in [1.82, 2.24) is 24.8 Å². The van der Waals surface area contributed by atoms with E-state index < -0.39 is 63.2 Å². The number of piperidine rings is 1. The second kappa shape index (κ2) is 18.9. The van der Waals surface area contributed by atoms with Gasteiger partial charge < -0.3 is 24.6 Å². The number of sulfonamides is 1. The van der Waals surface area contributed by atoms with Gasteiger partial charge in [0.1, 0.15) is 29.7 Å². The van der Waals surface area contributed by atoms with E-state index in [1.54, 1.807) is 32.2 Å². The Morgan fingerprint density at radius 2 is 1.66 bits per heavy atom. The van der Waals surface area contributed by atoms with E-state index in [1.807, 2.05) is 81.1 Å². The first-order valence-electron chi connectivity index (χ1n) is 20.8. The van der Waals surface area contributed by atoms with Gasteiger partial charge in [0.15, 0.2) is 0 Å². The van der Waals surface area contributed by atoms with Crippen LogP contribution in [-0.4, -0.2) is 91.8 Å². The molecule has 2 fully saturated rings. The van der Waals surface area contributed by atoms with Gasteiger partial charge in [-0.05, 0) is 55.9 Å². The lowest BCUT2D eigenvalue weighted by Gasteiger charge is -2.36. The van der Waals surface area contributed by atoms with Crippen LogP contribution in [0.15, 0.2) is 96.4 Å². The monoisotopic (exact) mass is 851 g/mol. The van der Waals surface area contributed by atoms with Crippen molar-refractivity contribution < 1.29 is 37.1 Å². The van der Waals surface area contributed by atoms with E-state index in [9.17, 15) is 27.6 Å². The lowest BCUT2D eigenvalue weighted by atomic mass is 9.77. The van der Waals surface area contributed by atoms with Crippen LogP contribution in [0.4, 0.5) is 0 Å². The lowest BCUT2D eigenvalue weighted by Crippen LogP contribution is -2.56. The Kier molecular flexibility index (Phi) is 13.9. The number of ether oxygens (including phenoxy) is 2. The minimum Gasteiger partial charge on any atom is -0.497 e. The molecule has 4 amide bonds. The smallest absolute Gasteiger partial charge is 0.264 e. The average molecular weight is 852 g/mol. The molecule has 5 atom stereocenters. The lowest BCUT2D eigenvalue weighted by molar-refractivity contribution is -0.148. The summed E-state index contributed by atoms with van der Waals surface area (Å²) >= 11 is 0. The van der Waals surface area contributed by atoms with Crippen LogP contribution in [0.1, 0.15) is 65.4 Å². The summed E-state index contributed by atoms with van der Waals surface area (Å²) in [6.07, 6.45) is 3.59. The van der Waals surface area contributed by atoms with Gasteiger partial charge in [-0.15, -0.1) is 6.58 Å². The highest BCUT2D eigenvalue weighted by Gasteiger charge is 2.47. The molecule has 61 heavy (non-hydrogen) atoms. The molecule has 1 aromatic heterocycles. The van der Waals surface area contributed by atoms with Crippen LogP contribution >= 0.6 is 0 Å². The largest absolute Gasteiger partial charge is 0.497 e. The Morgan fingerprint density at radius 1 is 0.967 bits per heavy atom. The highest BCUT2D eigenvalue weighted by Crippen LogP contribution is 2.37. The summed E-state index contributed by atoms with van der Waals surface area (Å²) in [5.74, 6) is -2.55. The van der Waals surface area contributed by atoms with E-state index in [0.717, 1.165) is 30.4 Å². The number of rotatable bonds is 14. The molecule has 6 rings (SSSR count). The number of hydrogen-bond acceptors (Lipinski definition) is 9. The fourth-order valence-electron chi connectivity index (χ4n) is 7.92. The van der Waals surface area contributed by atoms with Gasteiger partial charge in [0, 0.05) is 54.9 Å². The number of aryl methyl sites for hydroxylation is 1. The van der Waals surface area contributed by atoms with Crippen LogP contribution < -0.4 is 19.5 Å². The number of hydrogen-bond donors (Lipinski definition) is 2. The number of pyridine rings is 1. The molecular formula is C47H57N5O8S. The summed E-state index contributed by atoms with van der Waals surface area (Å²) in [7, 11) is -2.72. The van der Waals surface area contributed by atoms with E-state index in [4.69, 9.17) is 14.5 Å². The molecule has 0 spiro atoms. The average Bonchev–Trinajstić information content (AvgIpc) is 3.67. The molecule has 0 bridgehead atoms. The Bertz CT molecular complexity index is 2360. The third-order valence-electron chi connectivity index (χ3n) is 11.7. The van der Waals surface area contributed by atoms with Crippen molar-refractivity contribution in [3.05, 3.63) is 97.1 Å². The van der Waals surface area contributed by atoms with Crippen LogP contribution in [0.5, 0.6) is 11.5 Å². The van der Waals surface area contributed by atoms with E-state index in [1.165, 1.54) is 23.1 Å². The number of likely N-dealkylation sites (tertiary alicyclic amines) is 2. The van der Waals surface area contributed by atoms with Crippen molar-refractivity contribution in [1.29, 1.82) is 0 Å². The number of fused-ring (bicyclic) bond motifs is 1. The summed E-state index contributed by atoms with van der Waals surface area (Å²) in [6, 6.07) is 20.4. The van der Waals surface area contributed by atoms with Crippen molar-refractivity contribution in [2.75, 3.05) is 26.7 Å². The molecule has 2 aliphatic rings. The highest BCUT2D eigenvalue weighted by molar-refractivity contribution is 7.90. The number of amides is 4. The first-order valence-corrected chi connectivity index (χ1v) is 22.3. The fourth-order valence-corrected chi connectivity index (χ4v) is 8.92. The van der Waals surface area contributed by atoms with Crippen molar-refractivity contribution in [2.45, 2.75) is 89.8 Å². The Balaban J connectivity index is 1.34. The number of nitrogens with one attached hydrogen (secondary N) is 2. The number of carbonyl (C=O) groups is 4. The predicted molar refractivity (Wildman–Crippen MR) is 234 cm³/mol. The number of carbonyl (C=O) groups excluding carboxylic acids is 4. The normalized spacial score (nSPS) is 18.5. The maximum Gasteiger partial charge on any atom is 0.264 e. The predicted octanol–water partition coefficient (Wildman–Crippen LogP) is 6.44. The number of aromatic nitrogens is 1. The topological polar surface area (TPSA) is 164 Å². The van der Waals surface area contributed by atoms with Crippen molar-refractivity contribution >= 4 is 44.6 Å². The molecule has 0 saturated carbocycles. The zero-order valence-electron chi connectivity index (χ0n) is 35.8. The molecule has 2 saturated heterocycles. The van der Waals surface area contributed by atoms with E-state index in [0.29, 0.717) is 41.2 Å². The van der Waals surface area contributed by atoms with E-state index in [2.05, 4.69) is 16.6 Å². The van der Waals surface area contributed by atoms with Gasteiger partial charge in [0.25, 0.3) is 15.9 Å². The zero-order chi connectivity index (χ0) is 44.1. The quantitative estimate of drug-likeness (QED) is 0.136. The second-order valence-corrected chi connectivity index (χ2v) is 18.8. The molecular weight excluding hydrogens is 795 g/mol. The maximum absolute atomic E-state index is 14.9. The Hall–Kier alpha value is -5.76. The zero-order valence-corrected chi connectivity index (χ0v) is 36.7. The van der Waals surface area contributed by atoms with Gasteiger partial charge in [-0.1, -0.05) is 81.8 Å². The van der Waals surface area contributed by atoms with Crippen molar-refractivity contribution in [2.24, 2.45) is 17.3 Å². The minimum absolute atomic E-state index is 0.00226. The van der Waals surface area contributed by atoms with Gasteiger partial charge in [-0.3, -0.25) is 19.2 Å². The first kappa shape index (κ1) is 44.8. The summed E-state index contributed by atoms with van der Waals surface area (Å²) in [5, 5.41) is 3.46. The third-order valence-corrected chi connectivity index (χ3v) is 13.0.